The second-order valence-electron chi connectivity index (χ2n) is 9.00. The third-order valence-corrected chi connectivity index (χ3v) is 7.38. The lowest BCUT2D eigenvalue weighted by atomic mass is 9.82. The van der Waals surface area contributed by atoms with Crippen LogP contribution in [-0.4, -0.2) is 54.7 Å². The number of ketones is 2. The molecule has 0 aromatic heterocycles. The first kappa shape index (κ1) is 22.8. The molecule has 6 heteroatoms. The molecule has 5 rings (SSSR count). The quantitative estimate of drug-likeness (QED) is 0.499. The smallest absolute Gasteiger partial charge is 0.196 e. The Bertz CT molecular complexity index is 1270. The molecule has 0 radical (unpaired) electrons. The number of methoxy groups -OCH3 is 1. The highest BCUT2D eigenvalue weighted by Crippen LogP contribution is 2.44. The van der Waals surface area contributed by atoms with E-state index in [1.165, 1.54) is 0 Å². The number of nitrogens with zero attached hydrogens (tertiary/aromatic N) is 2. The molecule has 2 aliphatic rings. The number of aryl methyl sites for hydroxylation is 1. The molecule has 5 nitrogen and oxygen atoms in total. The molecule has 1 aliphatic heterocycles. The maximum atomic E-state index is 14.1. The van der Waals surface area contributed by atoms with E-state index in [2.05, 4.69) is 9.80 Å². The molecule has 1 unspecified atom stereocenters. The maximum absolute atomic E-state index is 14.1. The van der Waals surface area contributed by atoms with Crippen LogP contribution in [0.2, 0.25) is 5.02 Å². The van der Waals surface area contributed by atoms with Crippen molar-refractivity contribution in [2.45, 2.75) is 19.0 Å². The van der Waals surface area contributed by atoms with E-state index in [0.717, 1.165) is 41.3 Å². The first-order valence-corrected chi connectivity index (χ1v) is 11.9. The summed E-state index contributed by atoms with van der Waals surface area (Å²) in [6.45, 7) is 5.39. The van der Waals surface area contributed by atoms with Crippen LogP contribution >= 0.6 is 11.6 Å². The van der Waals surface area contributed by atoms with Crippen molar-refractivity contribution in [2.75, 3.05) is 33.3 Å². The summed E-state index contributed by atoms with van der Waals surface area (Å²) in [6.07, 6.45) is 0. The van der Waals surface area contributed by atoms with E-state index < -0.39 is 5.54 Å². The van der Waals surface area contributed by atoms with Crippen LogP contribution in [0.3, 0.4) is 0 Å². The molecular weight excluding hydrogens is 448 g/mol. The fraction of sp³-hybridized carbons (Fsp3) is 0.286. The minimum Gasteiger partial charge on any atom is -0.497 e. The van der Waals surface area contributed by atoms with Gasteiger partial charge in [-0.3, -0.25) is 19.4 Å². The highest BCUT2D eigenvalue weighted by atomic mass is 35.5. The summed E-state index contributed by atoms with van der Waals surface area (Å²) in [6, 6.07) is 20.8. The monoisotopic (exact) mass is 474 g/mol. The predicted molar refractivity (Wildman–Crippen MR) is 133 cm³/mol. The predicted octanol–water partition coefficient (Wildman–Crippen LogP) is 4.75. The fourth-order valence-electron chi connectivity index (χ4n) is 5.24. The summed E-state index contributed by atoms with van der Waals surface area (Å²) < 4.78 is 5.35. The van der Waals surface area contributed by atoms with Gasteiger partial charge in [-0.15, -0.1) is 0 Å². The van der Waals surface area contributed by atoms with E-state index in [1.807, 2.05) is 55.5 Å². The van der Waals surface area contributed by atoms with Crippen LogP contribution in [0, 0.1) is 6.92 Å². The number of rotatable bonds is 5. The molecule has 0 N–H and O–H groups in total. The molecule has 1 heterocycles. The molecule has 1 saturated heterocycles. The van der Waals surface area contributed by atoms with E-state index in [4.69, 9.17) is 16.3 Å². The summed E-state index contributed by atoms with van der Waals surface area (Å²) in [5.74, 6) is 0.251. The van der Waals surface area contributed by atoms with Crippen molar-refractivity contribution in [1.29, 1.82) is 0 Å². The van der Waals surface area contributed by atoms with Gasteiger partial charge in [-0.05, 0) is 42.3 Å². The summed E-state index contributed by atoms with van der Waals surface area (Å²) in [5, 5.41) is 0.756. The number of hydrogen-bond acceptors (Lipinski definition) is 5. The normalized spacial score (nSPS) is 21.0. The van der Waals surface area contributed by atoms with Crippen molar-refractivity contribution in [3.05, 3.63) is 99.6 Å². The zero-order valence-electron chi connectivity index (χ0n) is 19.4. The van der Waals surface area contributed by atoms with Gasteiger partial charge < -0.3 is 4.74 Å². The summed E-state index contributed by atoms with van der Waals surface area (Å²) in [5.41, 5.74) is 2.38. The SMILES string of the molecule is COc1ccc2c(c1)C(=O)C(c1cccc(C)c1)(N1CCN(Cc3ccccc3Cl)CC1)C2=O. The van der Waals surface area contributed by atoms with Crippen molar-refractivity contribution < 1.29 is 14.3 Å². The topological polar surface area (TPSA) is 49.9 Å². The van der Waals surface area contributed by atoms with Crippen LogP contribution in [0.1, 0.15) is 37.4 Å². The van der Waals surface area contributed by atoms with E-state index in [-0.39, 0.29) is 11.6 Å². The van der Waals surface area contributed by atoms with E-state index in [1.54, 1.807) is 25.3 Å². The van der Waals surface area contributed by atoms with Crippen LogP contribution in [0.25, 0.3) is 0 Å². The minimum absolute atomic E-state index is 0.152. The molecule has 174 valence electrons. The Balaban J connectivity index is 1.50. The Kier molecular flexibility index (Phi) is 6.02. The van der Waals surface area contributed by atoms with Crippen LogP contribution in [-0.2, 0) is 12.1 Å². The van der Waals surface area contributed by atoms with Crippen LogP contribution in [0.15, 0.2) is 66.7 Å². The van der Waals surface area contributed by atoms with Gasteiger partial charge in [0.05, 0.1) is 7.11 Å². The first-order chi connectivity index (χ1) is 16.4. The van der Waals surface area contributed by atoms with Crippen LogP contribution in [0.4, 0.5) is 0 Å². The summed E-state index contributed by atoms with van der Waals surface area (Å²) >= 11 is 6.37. The Morgan fingerprint density at radius 1 is 0.882 bits per heavy atom. The Labute approximate surface area is 204 Å². The number of halogens is 1. The molecule has 0 spiro atoms. The number of carbonyl (C=O) groups excluding carboxylic acids is 2. The van der Waals surface area contributed by atoms with Crippen molar-refractivity contribution in [3.63, 3.8) is 0 Å². The molecule has 3 aromatic carbocycles. The lowest BCUT2D eigenvalue weighted by Crippen LogP contribution is -2.60. The van der Waals surface area contributed by atoms with Crippen LogP contribution < -0.4 is 4.74 Å². The van der Waals surface area contributed by atoms with Gasteiger partial charge in [-0.1, -0.05) is 59.6 Å². The highest BCUT2D eigenvalue weighted by Gasteiger charge is 2.58. The number of fused-ring (bicyclic) bond motifs is 1. The number of benzene rings is 3. The zero-order valence-corrected chi connectivity index (χ0v) is 20.1. The standard InChI is InChI=1S/C28H27ClN2O3/c1-19-6-5-8-21(16-19)28(26(32)23-11-10-22(34-2)17-24(23)27(28)33)31-14-12-30(13-15-31)18-20-7-3-4-9-25(20)29/h3-11,16-17H,12-15,18H2,1-2H3. The summed E-state index contributed by atoms with van der Waals surface area (Å²) in [4.78, 5) is 32.5. The zero-order chi connectivity index (χ0) is 23.9. The van der Waals surface area contributed by atoms with Crippen molar-refractivity contribution >= 4 is 23.2 Å². The number of carbonyl (C=O) groups is 2. The van der Waals surface area contributed by atoms with Gasteiger partial charge in [0.25, 0.3) is 0 Å². The molecule has 3 aromatic rings. The average Bonchev–Trinajstić information content (AvgIpc) is 3.08. The lowest BCUT2D eigenvalue weighted by Gasteiger charge is -2.44. The van der Waals surface area contributed by atoms with E-state index in [0.29, 0.717) is 30.0 Å². The minimum atomic E-state index is -1.35. The number of hydrogen-bond donors (Lipinski definition) is 0. The number of ether oxygens (including phenoxy) is 1. The lowest BCUT2D eigenvalue weighted by molar-refractivity contribution is 0.0279. The molecule has 1 aliphatic carbocycles. The Morgan fingerprint density at radius 3 is 2.32 bits per heavy atom. The number of piperazine rings is 1. The third kappa shape index (κ3) is 3.65. The second kappa shape index (κ2) is 8.99. The van der Waals surface area contributed by atoms with Gasteiger partial charge in [0.15, 0.2) is 17.1 Å². The van der Waals surface area contributed by atoms with Crippen LogP contribution in [0.5, 0.6) is 5.75 Å². The molecule has 0 saturated carbocycles. The molecule has 1 atom stereocenters. The fourth-order valence-corrected chi connectivity index (χ4v) is 5.44. The van der Waals surface area contributed by atoms with Crippen molar-refractivity contribution in [1.82, 2.24) is 9.80 Å². The van der Waals surface area contributed by atoms with E-state index >= 15 is 0 Å². The molecule has 34 heavy (non-hydrogen) atoms. The van der Waals surface area contributed by atoms with Crippen molar-refractivity contribution in [3.8, 4) is 5.75 Å². The van der Waals surface area contributed by atoms with Crippen molar-refractivity contribution in [2.24, 2.45) is 0 Å². The molecule has 0 amide bonds. The molecular formula is C28H27ClN2O3. The average molecular weight is 475 g/mol. The van der Waals surface area contributed by atoms with Gasteiger partial charge in [0.2, 0.25) is 0 Å². The highest BCUT2D eigenvalue weighted by molar-refractivity contribution is 6.33. The van der Waals surface area contributed by atoms with Gasteiger partial charge in [-0.2, -0.15) is 0 Å². The Morgan fingerprint density at radius 2 is 1.62 bits per heavy atom. The van der Waals surface area contributed by atoms with Gasteiger partial charge in [0, 0.05) is 48.9 Å². The third-order valence-electron chi connectivity index (χ3n) is 7.01. The first-order valence-electron chi connectivity index (χ1n) is 11.5. The molecule has 1 fully saturated rings. The van der Waals surface area contributed by atoms with Gasteiger partial charge in [0.1, 0.15) is 5.75 Å². The van der Waals surface area contributed by atoms with Gasteiger partial charge in [-0.25, -0.2) is 0 Å². The summed E-state index contributed by atoms with van der Waals surface area (Å²) in [7, 11) is 1.56. The maximum Gasteiger partial charge on any atom is 0.196 e. The van der Waals surface area contributed by atoms with E-state index in [9.17, 15) is 9.59 Å². The molecule has 0 bridgehead atoms. The Hall–Kier alpha value is -2.99. The van der Waals surface area contributed by atoms with Gasteiger partial charge >= 0.3 is 0 Å². The largest absolute Gasteiger partial charge is 0.497 e. The number of Topliss-reactive ketones (excluding diaryl/α,β-unsaturated/α-hetero) is 2. The second-order valence-corrected chi connectivity index (χ2v) is 9.41.